The second kappa shape index (κ2) is 8.97. The fraction of sp³-hybridized carbons (Fsp3) is 0.0800. The lowest BCUT2D eigenvalue weighted by molar-refractivity contribution is -0.115. The van der Waals surface area contributed by atoms with Gasteiger partial charge < -0.3 is 14.5 Å². The summed E-state index contributed by atoms with van der Waals surface area (Å²) >= 11 is 0. The molecule has 0 atom stereocenters. The Morgan fingerprint density at radius 3 is 2.52 bits per heavy atom. The van der Waals surface area contributed by atoms with Crippen LogP contribution in [0.5, 0.6) is 11.5 Å². The van der Waals surface area contributed by atoms with Crippen molar-refractivity contribution in [1.82, 2.24) is 4.98 Å². The fourth-order valence-corrected chi connectivity index (χ4v) is 3.03. The third kappa shape index (κ3) is 4.98. The molecular weight excluding hydrogens is 390 g/mol. The lowest BCUT2D eigenvalue weighted by Crippen LogP contribution is -2.15. The number of carbonyl (C=O) groups excluding carboxylic acids is 1. The molecule has 0 unspecified atom stereocenters. The van der Waals surface area contributed by atoms with Gasteiger partial charge in [0.25, 0.3) is 0 Å². The number of hydrogen-bond acceptors (Lipinski definition) is 5. The van der Waals surface area contributed by atoms with Crippen molar-refractivity contribution in [3.63, 3.8) is 0 Å². The smallest absolute Gasteiger partial charge is 0.230 e. The average molecular weight is 409 g/mol. The van der Waals surface area contributed by atoms with Gasteiger partial charge >= 0.3 is 0 Å². The van der Waals surface area contributed by atoms with Gasteiger partial charge in [-0.25, -0.2) is 4.98 Å². The van der Waals surface area contributed by atoms with E-state index in [1.165, 1.54) is 6.26 Å². The van der Waals surface area contributed by atoms with Crippen molar-refractivity contribution in [1.29, 1.82) is 5.26 Å². The topological polar surface area (TPSA) is 88.1 Å². The molecule has 6 nitrogen and oxygen atoms in total. The van der Waals surface area contributed by atoms with Crippen molar-refractivity contribution >= 4 is 11.6 Å². The van der Waals surface area contributed by atoms with E-state index in [-0.39, 0.29) is 12.3 Å². The number of hydrogen-bond donors (Lipinski definition) is 1. The second-order valence-corrected chi connectivity index (χ2v) is 6.95. The molecule has 1 heterocycles. The highest BCUT2D eigenvalue weighted by Gasteiger charge is 2.12. The summed E-state index contributed by atoms with van der Waals surface area (Å²) in [5.74, 6) is 1.58. The van der Waals surface area contributed by atoms with Gasteiger partial charge in [-0.05, 0) is 67.1 Å². The summed E-state index contributed by atoms with van der Waals surface area (Å²) in [7, 11) is 0. The number of rotatable bonds is 6. The summed E-state index contributed by atoms with van der Waals surface area (Å²) in [6.07, 6.45) is 1.61. The van der Waals surface area contributed by atoms with Gasteiger partial charge in [0.15, 0.2) is 0 Å². The van der Waals surface area contributed by atoms with Gasteiger partial charge in [0.05, 0.1) is 23.7 Å². The third-order valence-corrected chi connectivity index (χ3v) is 4.61. The number of amides is 1. The van der Waals surface area contributed by atoms with Crippen LogP contribution in [0.15, 0.2) is 83.5 Å². The van der Waals surface area contributed by atoms with Crippen molar-refractivity contribution in [3.05, 3.63) is 95.9 Å². The second-order valence-electron chi connectivity index (χ2n) is 6.95. The molecule has 1 aromatic heterocycles. The van der Waals surface area contributed by atoms with Crippen LogP contribution in [-0.4, -0.2) is 10.9 Å². The summed E-state index contributed by atoms with van der Waals surface area (Å²) in [4.78, 5) is 16.9. The number of benzene rings is 3. The first-order valence-corrected chi connectivity index (χ1v) is 9.69. The summed E-state index contributed by atoms with van der Waals surface area (Å²) in [6.45, 7) is 1.89. The van der Waals surface area contributed by atoms with E-state index >= 15 is 0 Å². The van der Waals surface area contributed by atoms with Gasteiger partial charge in [0, 0.05) is 11.3 Å². The Morgan fingerprint density at radius 2 is 1.81 bits per heavy atom. The summed E-state index contributed by atoms with van der Waals surface area (Å²) in [6, 6.07) is 23.9. The van der Waals surface area contributed by atoms with Crippen LogP contribution in [0.25, 0.3) is 11.5 Å². The minimum Gasteiger partial charge on any atom is -0.457 e. The normalized spacial score (nSPS) is 10.3. The highest BCUT2D eigenvalue weighted by atomic mass is 16.5. The van der Waals surface area contributed by atoms with E-state index in [2.05, 4.69) is 16.4 Å². The van der Waals surface area contributed by atoms with Gasteiger partial charge in [0.2, 0.25) is 11.8 Å². The van der Waals surface area contributed by atoms with Crippen LogP contribution >= 0.6 is 0 Å². The summed E-state index contributed by atoms with van der Waals surface area (Å²) in [5.41, 5.74) is 3.57. The first kappa shape index (κ1) is 19.9. The Kier molecular flexibility index (Phi) is 5.77. The molecule has 0 bridgehead atoms. The van der Waals surface area contributed by atoms with Crippen LogP contribution in [0.1, 0.15) is 16.8 Å². The third-order valence-electron chi connectivity index (χ3n) is 4.61. The highest BCUT2D eigenvalue weighted by Crippen LogP contribution is 2.26. The van der Waals surface area contributed by atoms with Gasteiger partial charge in [-0.15, -0.1) is 0 Å². The zero-order chi connectivity index (χ0) is 21.6. The Balaban J connectivity index is 1.38. The van der Waals surface area contributed by atoms with Gasteiger partial charge in [-0.3, -0.25) is 4.79 Å². The van der Waals surface area contributed by atoms with Crippen LogP contribution in [0.3, 0.4) is 0 Å². The highest BCUT2D eigenvalue weighted by molar-refractivity contribution is 5.92. The summed E-state index contributed by atoms with van der Waals surface area (Å²) in [5, 5.41) is 11.8. The zero-order valence-corrected chi connectivity index (χ0v) is 16.8. The van der Waals surface area contributed by atoms with Gasteiger partial charge in [-0.1, -0.05) is 18.2 Å². The molecule has 1 N–H and O–H groups in total. The fourth-order valence-electron chi connectivity index (χ4n) is 3.03. The molecule has 4 rings (SSSR count). The van der Waals surface area contributed by atoms with Crippen LogP contribution in [0, 0.1) is 18.3 Å². The Bertz CT molecular complexity index is 1240. The molecule has 0 saturated heterocycles. The Labute approximate surface area is 179 Å². The first-order chi connectivity index (χ1) is 15.1. The molecule has 0 saturated carbocycles. The molecule has 0 aliphatic carbocycles. The Morgan fingerprint density at radius 1 is 1.06 bits per heavy atom. The molecule has 4 aromatic rings. The maximum absolute atomic E-state index is 12.5. The van der Waals surface area contributed by atoms with Crippen LogP contribution < -0.4 is 10.1 Å². The van der Waals surface area contributed by atoms with Crippen molar-refractivity contribution in [2.24, 2.45) is 0 Å². The standard InChI is InChI=1S/C25H19N3O3/c1-17-13-22(31-21-9-7-18(15-26)8-10-21)11-12-23(17)28-24(29)14-20-16-30-25(27-20)19-5-3-2-4-6-19/h2-13,16H,14H2,1H3,(H,28,29). The maximum Gasteiger partial charge on any atom is 0.230 e. The number of nitrogens with zero attached hydrogens (tertiary/aromatic N) is 2. The molecule has 31 heavy (non-hydrogen) atoms. The molecule has 3 aromatic carbocycles. The van der Waals surface area contributed by atoms with E-state index in [0.717, 1.165) is 11.1 Å². The van der Waals surface area contributed by atoms with Crippen LogP contribution in [0.2, 0.25) is 0 Å². The van der Waals surface area contributed by atoms with E-state index in [0.29, 0.717) is 34.3 Å². The number of ether oxygens (including phenoxy) is 1. The number of oxazole rings is 1. The van der Waals surface area contributed by atoms with E-state index in [9.17, 15) is 4.79 Å². The minimum absolute atomic E-state index is 0.110. The monoisotopic (exact) mass is 409 g/mol. The quantitative estimate of drug-likeness (QED) is 0.455. The molecule has 6 heteroatoms. The number of anilines is 1. The number of nitrogens with one attached hydrogen (secondary N) is 1. The number of nitriles is 1. The largest absolute Gasteiger partial charge is 0.457 e. The molecular formula is C25H19N3O3. The predicted molar refractivity (Wildman–Crippen MR) is 117 cm³/mol. The SMILES string of the molecule is Cc1cc(Oc2ccc(C#N)cc2)ccc1NC(=O)Cc1coc(-c2ccccc2)n1. The van der Waals surface area contributed by atoms with Crippen molar-refractivity contribution in [2.75, 3.05) is 5.32 Å². The number of aryl methyl sites for hydroxylation is 1. The van der Waals surface area contributed by atoms with Gasteiger partial charge in [0.1, 0.15) is 17.8 Å². The molecule has 0 aliphatic heterocycles. The lowest BCUT2D eigenvalue weighted by atomic mass is 10.1. The first-order valence-electron chi connectivity index (χ1n) is 9.69. The average Bonchev–Trinajstić information content (AvgIpc) is 3.25. The molecule has 152 valence electrons. The summed E-state index contributed by atoms with van der Waals surface area (Å²) < 4.78 is 11.3. The maximum atomic E-state index is 12.5. The molecule has 0 radical (unpaired) electrons. The molecule has 0 aliphatic rings. The predicted octanol–water partition coefficient (Wildman–Crippen LogP) is 5.50. The van der Waals surface area contributed by atoms with E-state index in [4.69, 9.17) is 14.4 Å². The minimum atomic E-state index is -0.184. The molecule has 0 fully saturated rings. The van der Waals surface area contributed by atoms with Crippen molar-refractivity contribution in [3.8, 4) is 29.0 Å². The lowest BCUT2D eigenvalue weighted by Gasteiger charge is -2.11. The molecule has 1 amide bonds. The van der Waals surface area contributed by atoms with Crippen molar-refractivity contribution < 1.29 is 13.9 Å². The van der Waals surface area contributed by atoms with Crippen LogP contribution in [-0.2, 0) is 11.2 Å². The number of carbonyl (C=O) groups is 1. The van der Waals surface area contributed by atoms with E-state index in [1.54, 1.807) is 36.4 Å². The Hall–Kier alpha value is -4.37. The van der Waals surface area contributed by atoms with Crippen molar-refractivity contribution in [2.45, 2.75) is 13.3 Å². The van der Waals surface area contributed by atoms with Gasteiger partial charge in [-0.2, -0.15) is 5.26 Å². The van der Waals surface area contributed by atoms with E-state index in [1.807, 2.05) is 43.3 Å². The zero-order valence-electron chi connectivity index (χ0n) is 16.8. The number of aromatic nitrogens is 1. The van der Waals surface area contributed by atoms with E-state index < -0.39 is 0 Å². The van der Waals surface area contributed by atoms with Crippen LogP contribution in [0.4, 0.5) is 5.69 Å². The molecule has 0 spiro atoms.